The van der Waals surface area contributed by atoms with Crippen molar-refractivity contribution in [2.45, 2.75) is 38.3 Å². The molecule has 0 spiro atoms. The summed E-state index contributed by atoms with van der Waals surface area (Å²) in [7, 11) is 0. The number of nitrogens with two attached hydrogens (primary N) is 1. The molecule has 1 aliphatic rings. The fourth-order valence-corrected chi connectivity index (χ4v) is 2.06. The van der Waals surface area contributed by atoms with Gasteiger partial charge in [-0.25, -0.2) is 0 Å². The second kappa shape index (κ2) is 4.90. The van der Waals surface area contributed by atoms with Crippen LogP contribution in [0.3, 0.4) is 0 Å². The van der Waals surface area contributed by atoms with Crippen LogP contribution in [-0.2, 0) is 4.79 Å². The Labute approximate surface area is 115 Å². The van der Waals surface area contributed by atoms with E-state index in [0.29, 0.717) is 5.69 Å². The number of carbonyl (C=O) groups excluding carboxylic acids is 1. The molecule has 1 saturated carbocycles. The first kappa shape index (κ1) is 13.4. The molecule has 1 amide bonds. The average molecular weight is 313 g/mol. The molecule has 1 aliphatic carbocycles. The molecule has 1 aromatic rings. The van der Waals surface area contributed by atoms with Gasteiger partial charge in [0.05, 0.1) is 11.6 Å². The summed E-state index contributed by atoms with van der Waals surface area (Å²) in [6.45, 7) is 3.91. The van der Waals surface area contributed by atoms with Gasteiger partial charge in [-0.15, -0.1) is 0 Å². The number of hydrogen-bond donors (Lipinski definition) is 2. The third kappa shape index (κ3) is 3.23. The largest absolute Gasteiger partial charge is 0.491 e. The summed E-state index contributed by atoms with van der Waals surface area (Å²) in [5.41, 5.74) is 5.87. The first-order valence-electron chi connectivity index (χ1n) is 5.97. The lowest BCUT2D eigenvalue weighted by molar-refractivity contribution is -0.118. The molecule has 0 heterocycles. The Bertz CT molecular complexity index is 470. The molecule has 0 aromatic heterocycles. The van der Waals surface area contributed by atoms with Crippen LogP contribution in [0.1, 0.15) is 26.7 Å². The highest BCUT2D eigenvalue weighted by atomic mass is 79.9. The van der Waals surface area contributed by atoms with E-state index >= 15 is 0 Å². The monoisotopic (exact) mass is 312 g/mol. The summed E-state index contributed by atoms with van der Waals surface area (Å²) in [6, 6.07) is 5.50. The Balaban J connectivity index is 2.12. The van der Waals surface area contributed by atoms with Gasteiger partial charge in [0.2, 0.25) is 5.91 Å². The van der Waals surface area contributed by atoms with E-state index in [1.807, 2.05) is 26.0 Å². The summed E-state index contributed by atoms with van der Waals surface area (Å²) in [6.07, 6.45) is 1.59. The van der Waals surface area contributed by atoms with Crippen LogP contribution in [0.15, 0.2) is 22.7 Å². The maximum absolute atomic E-state index is 11.8. The second-order valence-electron chi connectivity index (χ2n) is 4.95. The number of benzene rings is 1. The molecule has 1 aromatic carbocycles. The van der Waals surface area contributed by atoms with Gasteiger partial charge in [-0.3, -0.25) is 4.79 Å². The highest BCUT2D eigenvalue weighted by Crippen LogP contribution is 2.34. The molecule has 2 rings (SSSR count). The number of hydrogen-bond acceptors (Lipinski definition) is 3. The number of ether oxygens (including phenoxy) is 1. The number of rotatable bonds is 4. The van der Waals surface area contributed by atoms with Crippen molar-refractivity contribution < 1.29 is 9.53 Å². The highest BCUT2D eigenvalue weighted by molar-refractivity contribution is 9.10. The molecule has 0 atom stereocenters. The summed E-state index contributed by atoms with van der Waals surface area (Å²) in [4.78, 5) is 11.8. The van der Waals surface area contributed by atoms with Crippen molar-refractivity contribution in [2.24, 2.45) is 5.73 Å². The smallest absolute Gasteiger partial charge is 0.244 e. The van der Waals surface area contributed by atoms with Crippen LogP contribution in [0.4, 0.5) is 5.69 Å². The zero-order chi connectivity index (χ0) is 13.3. The molecule has 0 aliphatic heterocycles. The molecule has 0 radical (unpaired) electrons. The third-order valence-electron chi connectivity index (χ3n) is 2.74. The molecular weight excluding hydrogens is 296 g/mol. The predicted octanol–water partition coefficient (Wildman–Crippen LogP) is 2.67. The van der Waals surface area contributed by atoms with Crippen LogP contribution in [0.5, 0.6) is 5.75 Å². The molecule has 3 N–H and O–H groups in total. The minimum atomic E-state index is -0.665. The summed E-state index contributed by atoms with van der Waals surface area (Å²) in [5, 5.41) is 2.82. The van der Waals surface area contributed by atoms with Crippen molar-refractivity contribution in [1.82, 2.24) is 0 Å². The number of amides is 1. The number of anilines is 1. The average Bonchev–Trinajstić information content (AvgIpc) is 2.95. The van der Waals surface area contributed by atoms with Gasteiger partial charge >= 0.3 is 0 Å². The number of halogens is 1. The van der Waals surface area contributed by atoms with Crippen LogP contribution in [0.2, 0.25) is 0 Å². The van der Waals surface area contributed by atoms with Crippen LogP contribution < -0.4 is 15.8 Å². The van der Waals surface area contributed by atoms with Gasteiger partial charge in [-0.05, 0) is 38.8 Å². The topological polar surface area (TPSA) is 64.3 Å². The molecular formula is C13H17BrN2O2. The standard InChI is InChI=1S/C13H17BrN2O2/c1-8(2)18-11-6-9(14)5-10(7-11)16-12(17)13(15)3-4-13/h5-8H,3-4,15H2,1-2H3,(H,16,17). The zero-order valence-corrected chi connectivity index (χ0v) is 12.1. The van der Waals surface area contributed by atoms with Gasteiger partial charge in [0.15, 0.2) is 0 Å². The van der Waals surface area contributed by atoms with Crippen LogP contribution >= 0.6 is 15.9 Å². The van der Waals surface area contributed by atoms with E-state index in [9.17, 15) is 4.79 Å². The lowest BCUT2D eigenvalue weighted by atomic mass is 10.2. The Morgan fingerprint density at radius 2 is 2.11 bits per heavy atom. The second-order valence-corrected chi connectivity index (χ2v) is 5.87. The molecule has 1 fully saturated rings. The minimum absolute atomic E-state index is 0.0899. The SMILES string of the molecule is CC(C)Oc1cc(Br)cc(NC(=O)C2(N)CC2)c1. The van der Waals surface area contributed by atoms with E-state index in [-0.39, 0.29) is 12.0 Å². The van der Waals surface area contributed by atoms with Gasteiger partial charge in [-0.2, -0.15) is 0 Å². The van der Waals surface area contributed by atoms with Gasteiger partial charge in [0.1, 0.15) is 5.75 Å². The van der Waals surface area contributed by atoms with Crippen molar-refractivity contribution in [3.05, 3.63) is 22.7 Å². The zero-order valence-electron chi connectivity index (χ0n) is 10.5. The molecule has 18 heavy (non-hydrogen) atoms. The molecule has 4 nitrogen and oxygen atoms in total. The fourth-order valence-electron chi connectivity index (χ4n) is 1.59. The molecule has 98 valence electrons. The van der Waals surface area contributed by atoms with Gasteiger partial charge < -0.3 is 15.8 Å². The molecule has 0 bridgehead atoms. The maximum atomic E-state index is 11.8. The van der Waals surface area contributed by atoms with Crippen molar-refractivity contribution in [1.29, 1.82) is 0 Å². The van der Waals surface area contributed by atoms with Gasteiger partial charge in [0, 0.05) is 16.2 Å². The number of nitrogens with one attached hydrogen (secondary N) is 1. The Morgan fingerprint density at radius 1 is 1.44 bits per heavy atom. The van der Waals surface area contributed by atoms with E-state index < -0.39 is 5.54 Å². The van der Waals surface area contributed by atoms with Gasteiger partial charge in [0.25, 0.3) is 0 Å². The van der Waals surface area contributed by atoms with E-state index in [4.69, 9.17) is 10.5 Å². The Hall–Kier alpha value is -1.07. The fraction of sp³-hybridized carbons (Fsp3) is 0.462. The highest BCUT2D eigenvalue weighted by Gasteiger charge is 2.45. The van der Waals surface area contributed by atoms with Crippen LogP contribution in [0.25, 0.3) is 0 Å². The van der Waals surface area contributed by atoms with E-state index in [0.717, 1.165) is 23.1 Å². The molecule has 5 heteroatoms. The lowest BCUT2D eigenvalue weighted by Gasteiger charge is -2.14. The first-order valence-corrected chi connectivity index (χ1v) is 6.76. The van der Waals surface area contributed by atoms with E-state index in [2.05, 4.69) is 21.2 Å². The molecule has 0 unspecified atom stereocenters. The Morgan fingerprint density at radius 3 is 2.67 bits per heavy atom. The van der Waals surface area contributed by atoms with Crippen molar-refractivity contribution >= 4 is 27.5 Å². The normalized spacial score (nSPS) is 16.5. The van der Waals surface area contributed by atoms with Crippen molar-refractivity contribution in [3.8, 4) is 5.75 Å². The predicted molar refractivity (Wildman–Crippen MR) is 74.7 cm³/mol. The molecule has 0 saturated heterocycles. The van der Waals surface area contributed by atoms with E-state index in [1.54, 1.807) is 6.07 Å². The summed E-state index contributed by atoms with van der Waals surface area (Å²) in [5.74, 6) is 0.590. The quantitative estimate of drug-likeness (QED) is 0.898. The maximum Gasteiger partial charge on any atom is 0.244 e. The first-order chi connectivity index (χ1) is 8.39. The Kier molecular flexibility index (Phi) is 3.64. The van der Waals surface area contributed by atoms with Crippen molar-refractivity contribution in [3.63, 3.8) is 0 Å². The third-order valence-corrected chi connectivity index (χ3v) is 3.20. The summed E-state index contributed by atoms with van der Waals surface area (Å²) < 4.78 is 6.47. The minimum Gasteiger partial charge on any atom is -0.491 e. The van der Waals surface area contributed by atoms with Gasteiger partial charge in [-0.1, -0.05) is 15.9 Å². The number of carbonyl (C=O) groups is 1. The summed E-state index contributed by atoms with van der Waals surface area (Å²) >= 11 is 3.40. The lowest BCUT2D eigenvalue weighted by Crippen LogP contribution is -2.37. The van der Waals surface area contributed by atoms with E-state index in [1.165, 1.54) is 0 Å². The van der Waals surface area contributed by atoms with Crippen LogP contribution in [-0.4, -0.2) is 17.6 Å². The van der Waals surface area contributed by atoms with Crippen molar-refractivity contribution in [2.75, 3.05) is 5.32 Å². The van der Waals surface area contributed by atoms with Crippen LogP contribution in [0, 0.1) is 0 Å².